The highest BCUT2D eigenvalue weighted by molar-refractivity contribution is 9.08. The second-order valence-electron chi connectivity index (χ2n) is 5.29. The first-order valence-electron chi connectivity index (χ1n) is 5.51. The first-order chi connectivity index (χ1) is 7.34. The Kier molecular flexibility index (Phi) is 4.76. The smallest absolute Gasteiger partial charge is 0.172 e. The number of aromatic nitrogens is 1. The van der Waals surface area contributed by atoms with E-state index in [4.69, 9.17) is 8.95 Å². The maximum atomic E-state index is 6.05. The van der Waals surface area contributed by atoms with E-state index >= 15 is 0 Å². The van der Waals surface area contributed by atoms with Gasteiger partial charge in [0.05, 0.1) is 5.69 Å². The Morgan fingerprint density at radius 2 is 2.12 bits per heavy atom. The summed E-state index contributed by atoms with van der Waals surface area (Å²) in [5.74, 6) is 0.836. The van der Waals surface area contributed by atoms with Crippen LogP contribution in [0.3, 0.4) is 0 Å². The molecule has 5 heteroatoms. The van der Waals surface area contributed by atoms with Crippen LogP contribution in [0.2, 0.25) is 13.1 Å². The second-order valence-corrected chi connectivity index (χ2v) is 8.22. The van der Waals surface area contributed by atoms with Crippen molar-refractivity contribution >= 4 is 25.0 Å². The summed E-state index contributed by atoms with van der Waals surface area (Å²) in [5, 5.41) is 4.70. The van der Waals surface area contributed by atoms with Crippen molar-refractivity contribution in [1.29, 1.82) is 0 Å². The fourth-order valence-corrected chi connectivity index (χ4v) is 2.84. The molecule has 0 amide bonds. The summed E-state index contributed by atoms with van der Waals surface area (Å²) in [4.78, 5) is 0. The minimum atomic E-state index is -1.10. The Morgan fingerprint density at radius 1 is 1.50 bits per heavy atom. The van der Waals surface area contributed by atoms with Crippen LogP contribution in [-0.4, -0.2) is 14.2 Å². The molecule has 1 heterocycles. The number of hydrogen-bond donors (Lipinski definition) is 0. The van der Waals surface area contributed by atoms with Gasteiger partial charge in [-0.2, -0.15) is 0 Å². The van der Waals surface area contributed by atoms with E-state index in [1.807, 2.05) is 6.07 Å². The monoisotopic (exact) mass is 305 g/mol. The van der Waals surface area contributed by atoms with Gasteiger partial charge in [-0.3, -0.25) is 0 Å². The average molecular weight is 306 g/mol. The van der Waals surface area contributed by atoms with Crippen LogP contribution in [0.1, 0.15) is 38.3 Å². The Labute approximate surface area is 107 Å². The molecule has 0 N–H and O–H groups in total. The summed E-state index contributed by atoms with van der Waals surface area (Å²) in [6.07, 6.45) is -0.000494. The van der Waals surface area contributed by atoms with Crippen LogP contribution in [0.5, 0.6) is 0 Å². The molecule has 0 radical (unpaired) electrons. The molecule has 0 aliphatic heterocycles. The first kappa shape index (κ1) is 13.9. The van der Waals surface area contributed by atoms with Crippen LogP contribution >= 0.6 is 15.9 Å². The molecule has 0 aliphatic carbocycles. The predicted molar refractivity (Wildman–Crippen MR) is 71.3 cm³/mol. The van der Waals surface area contributed by atoms with E-state index in [9.17, 15) is 0 Å². The summed E-state index contributed by atoms with van der Waals surface area (Å²) in [5.41, 5.74) is 0.943. The Bertz CT molecular complexity index is 333. The molecule has 0 saturated heterocycles. The number of alkyl halides is 1. The normalized spacial score (nSPS) is 14.4. The molecule has 16 heavy (non-hydrogen) atoms. The van der Waals surface area contributed by atoms with Crippen molar-refractivity contribution in [2.45, 2.75) is 45.3 Å². The van der Waals surface area contributed by atoms with Crippen molar-refractivity contribution < 1.29 is 8.95 Å². The molecule has 0 aliphatic rings. The number of nitrogens with zero attached hydrogens (tertiary/aromatic N) is 1. The molecule has 0 spiro atoms. The van der Waals surface area contributed by atoms with E-state index in [-0.39, 0.29) is 11.5 Å². The molecular formula is C11H20BrNO2Si. The Morgan fingerprint density at radius 3 is 2.50 bits per heavy atom. The Balaban J connectivity index is 2.92. The summed E-state index contributed by atoms with van der Waals surface area (Å²) in [6.45, 7) is 10.8. The summed E-state index contributed by atoms with van der Waals surface area (Å²) in [6, 6.07) is 1.97. The van der Waals surface area contributed by atoms with E-state index in [1.54, 1.807) is 0 Å². The van der Waals surface area contributed by atoms with E-state index in [0.717, 1.165) is 11.5 Å². The summed E-state index contributed by atoms with van der Waals surface area (Å²) < 4.78 is 11.4. The third-order valence-corrected chi connectivity index (χ3v) is 3.56. The van der Waals surface area contributed by atoms with E-state index in [1.165, 1.54) is 0 Å². The van der Waals surface area contributed by atoms with Crippen LogP contribution in [0.25, 0.3) is 0 Å². The molecule has 0 fully saturated rings. The van der Waals surface area contributed by atoms with Crippen molar-refractivity contribution in [2.24, 2.45) is 5.41 Å². The minimum absolute atomic E-state index is 0.000494. The Hall–Kier alpha value is -0.133. The van der Waals surface area contributed by atoms with E-state index in [0.29, 0.717) is 5.33 Å². The molecule has 3 nitrogen and oxygen atoms in total. The predicted octanol–water partition coefficient (Wildman–Crippen LogP) is 3.66. The van der Waals surface area contributed by atoms with Gasteiger partial charge in [-0.15, -0.1) is 0 Å². The van der Waals surface area contributed by atoms with Gasteiger partial charge in [0.1, 0.15) is 6.10 Å². The van der Waals surface area contributed by atoms with Gasteiger partial charge in [-0.25, -0.2) is 0 Å². The van der Waals surface area contributed by atoms with Crippen LogP contribution in [0.15, 0.2) is 10.6 Å². The lowest BCUT2D eigenvalue weighted by Crippen LogP contribution is -2.25. The lowest BCUT2D eigenvalue weighted by atomic mass is 9.88. The molecular weight excluding hydrogens is 286 g/mol. The third-order valence-electron chi connectivity index (χ3n) is 2.17. The molecule has 1 aromatic heterocycles. The lowest BCUT2D eigenvalue weighted by Gasteiger charge is -2.30. The average Bonchev–Trinajstić information content (AvgIpc) is 2.60. The van der Waals surface area contributed by atoms with Gasteiger partial charge in [-0.05, 0) is 18.5 Å². The van der Waals surface area contributed by atoms with Crippen molar-refractivity contribution in [3.63, 3.8) is 0 Å². The van der Waals surface area contributed by atoms with Gasteiger partial charge in [0.2, 0.25) is 0 Å². The molecule has 1 rings (SSSR count). The van der Waals surface area contributed by atoms with Gasteiger partial charge < -0.3 is 8.95 Å². The van der Waals surface area contributed by atoms with Crippen LogP contribution in [-0.2, 0) is 9.76 Å². The maximum Gasteiger partial charge on any atom is 0.172 e. The van der Waals surface area contributed by atoms with Gasteiger partial charge in [0, 0.05) is 11.4 Å². The minimum Gasteiger partial charge on any atom is -0.410 e. The van der Waals surface area contributed by atoms with Crippen molar-refractivity contribution in [1.82, 2.24) is 5.16 Å². The quantitative estimate of drug-likeness (QED) is 0.629. The SMILES string of the molecule is C[SiH](C)OC(c1cc(CBr)no1)C(C)(C)C. The second kappa shape index (κ2) is 5.47. The van der Waals surface area contributed by atoms with Gasteiger partial charge in [0.25, 0.3) is 0 Å². The zero-order valence-electron chi connectivity index (χ0n) is 10.6. The van der Waals surface area contributed by atoms with Crippen molar-refractivity contribution in [3.05, 3.63) is 17.5 Å². The van der Waals surface area contributed by atoms with Crippen LogP contribution in [0, 0.1) is 5.41 Å². The van der Waals surface area contributed by atoms with Crippen molar-refractivity contribution in [3.8, 4) is 0 Å². The fraction of sp³-hybridized carbons (Fsp3) is 0.727. The molecule has 92 valence electrons. The van der Waals surface area contributed by atoms with Crippen LogP contribution in [0.4, 0.5) is 0 Å². The molecule has 0 bridgehead atoms. The highest BCUT2D eigenvalue weighted by atomic mass is 79.9. The topological polar surface area (TPSA) is 35.3 Å². The maximum absolute atomic E-state index is 6.05. The molecule has 1 atom stereocenters. The molecule has 0 aromatic carbocycles. The number of halogens is 1. The zero-order chi connectivity index (χ0) is 12.3. The van der Waals surface area contributed by atoms with Gasteiger partial charge in [0.15, 0.2) is 14.8 Å². The van der Waals surface area contributed by atoms with Crippen molar-refractivity contribution in [2.75, 3.05) is 0 Å². The van der Waals surface area contributed by atoms with E-state index in [2.05, 4.69) is 55.0 Å². The van der Waals surface area contributed by atoms with Gasteiger partial charge >= 0.3 is 0 Å². The molecule has 0 saturated carbocycles. The largest absolute Gasteiger partial charge is 0.410 e. The number of rotatable bonds is 4. The highest BCUT2D eigenvalue weighted by Gasteiger charge is 2.31. The lowest BCUT2D eigenvalue weighted by molar-refractivity contribution is 0.0603. The van der Waals surface area contributed by atoms with Gasteiger partial charge in [-0.1, -0.05) is 41.9 Å². The fourth-order valence-electron chi connectivity index (χ4n) is 1.48. The zero-order valence-corrected chi connectivity index (χ0v) is 13.3. The summed E-state index contributed by atoms with van der Waals surface area (Å²) >= 11 is 3.37. The van der Waals surface area contributed by atoms with E-state index < -0.39 is 9.04 Å². The number of hydrogen-bond acceptors (Lipinski definition) is 3. The summed E-state index contributed by atoms with van der Waals surface area (Å²) in [7, 11) is -1.10. The highest BCUT2D eigenvalue weighted by Crippen LogP contribution is 2.36. The molecule has 1 unspecified atom stereocenters. The third kappa shape index (κ3) is 3.71. The molecule has 1 aromatic rings. The standard InChI is InChI=1S/C11H20BrNO2Si/c1-11(2,3)10(15-16(4)5)9-6-8(7-12)13-14-9/h6,10,16H,7H2,1-5H3. The van der Waals surface area contributed by atoms with Crippen LogP contribution < -0.4 is 0 Å². The first-order valence-corrected chi connectivity index (χ1v) is 9.41.